The van der Waals surface area contributed by atoms with Gasteiger partial charge in [0.25, 0.3) is 0 Å². The molecule has 1 aromatic carbocycles. The van der Waals surface area contributed by atoms with Gasteiger partial charge in [-0.1, -0.05) is 18.2 Å². The fourth-order valence-corrected chi connectivity index (χ4v) is 4.51. The predicted molar refractivity (Wildman–Crippen MR) is 94.0 cm³/mol. The van der Waals surface area contributed by atoms with Gasteiger partial charge in [0, 0.05) is 19.6 Å². The molecule has 0 aliphatic carbocycles. The van der Waals surface area contributed by atoms with Crippen LogP contribution >= 0.6 is 0 Å². The Labute approximate surface area is 144 Å². The van der Waals surface area contributed by atoms with E-state index >= 15 is 0 Å². The van der Waals surface area contributed by atoms with Crippen LogP contribution in [0.4, 0.5) is 0 Å². The van der Waals surface area contributed by atoms with Crippen molar-refractivity contribution in [3.8, 4) is 5.75 Å². The van der Waals surface area contributed by atoms with Crippen molar-refractivity contribution >= 4 is 15.7 Å². The molecule has 0 saturated carbocycles. The molecule has 0 unspecified atom stereocenters. The van der Waals surface area contributed by atoms with E-state index in [1.807, 2.05) is 43.1 Å². The number of amides is 1. The summed E-state index contributed by atoms with van der Waals surface area (Å²) in [6.45, 7) is 3.37. The number of aryl methyl sites for hydroxylation is 1. The second kappa shape index (κ2) is 7.98. The molecule has 0 spiro atoms. The second-order valence-corrected chi connectivity index (χ2v) is 8.64. The molecule has 1 saturated heterocycles. The van der Waals surface area contributed by atoms with Gasteiger partial charge >= 0.3 is 0 Å². The normalized spacial score (nSPS) is 19.4. The maximum atomic E-state index is 12.3. The van der Waals surface area contributed by atoms with Crippen molar-refractivity contribution in [1.82, 2.24) is 9.80 Å². The van der Waals surface area contributed by atoms with Gasteiger partial charge in [-0.05, 0) is 32.0 Å². The van der Waals surface area contributed by atoms with E-state index in [1.54, 1.807) is 11.9 Å². The molecular weight excluding hydrogens is 328 g/mol. The van der Waals surface area contributed by atoms with Crippen molar-refractivity contribution in [3.63, 3.8) is 0 Å². The third-order valence-electron chi connectivity index (χ3n) is 4.38. The van der Waals surface area contributed by atoms with E-state index in [4.69, 9.17) is 4.74 Å². The summed E-state index contributed by atoms with van der Waals surface area (Å²) in [7, 11) is 0.567. The molecule has 0 bridgehead atoms. The first-order chi connectivity index (χ1) is 11.3. The summed E-state index contributed by atoms with van der Waals surface area (Å²) >= 11 is 0. The lowest BCUT2D eigenvalue weighted by molar-refractivity contribution is -0.132. The molecule has 7 heteroatoms. The Morgan fingerprint density at radius 3 is 2.62 bits per heavy atom. The molecule has 134 valence electrons. The Bertz CT molecular complexity index is 675. The largest absolute Gasteiger partial charge is 0.492 e. The summed E-state index contributed by atoms with van der Waals surface area (Å²) in [6, 6.07) is 7.62. The van der Waals surface area contributed by atoms with Gasteiger partial charge in [0.2, 0.25) is 5.91 Å². The molecule has 0 radical (unpaired) electrons. The first kappa shape index (κ1) is 18.7. The van der Waals surface area contributed by atoms with Crippen molar-refractivity contribution < 1.29 is 17.9 Å². The van der Waals surface area contributed by atoms with Gasteiger partial charge < -0.3 is 9.64 Å². The van der Waals surface area contributed by atoms with Gasteiger partial charge in [0.1, 0.15) is 12.4 Å². The molecule has 2 rings (SSSR count). The number of nitrogens with zero attached hydrogens (tertiary/aromatic N) is 2. The third kappa shape index (κ3) is 5.21. The van der Waals surface area contributed by atoms with Gasteiger partial charge in [-0.2, -0.15) is 0 Å². The van der Waals surface area contributed by atoms with E-state index in [2.05, 4.69) is 0 Å². The first-order valence-electron chi connectivity index (χ1n) is 8.11. The van der Waals surface area contributed by atoms with Crippen molar-refractivity contribution in [2.75, 3.05) is 45.3 Å². The lowest BCUT2D eigenvalue weighted by Crippen LogP contribution is -2.43. The maximum Gasteiger partial charge on any atom is 0.236 e. The van der Waals surface area contributed by atoms with Crippen LogP contribution in [0.2, 0.25) is 0 Å². The summed E-state index contributed by atoms with van der Waals surface area (Å²) in [6.07, 6.45) is 0.532. The van der Waals surface area contributed by atoms with Crippen LogP contribution in [0.25, 0.3) is 0 Å². The topological polar surface area (TPSA) is 66.9 Å². The molecule has 1 fully saturated rings. The van der Waals surface area contributed by atoms with Crippen LogP contribution in [0.5, 0.6) is 5.75 Å². The number of likely N-dealkylation sites (N-methyl/N-ethyl adjacent to an activating group) is 2. The van der Waals surface area contributed by atoms with Crippen LogP contribution in [0.1, 0.15) is 12.0 Å². The molecule has 1 aromatic rings. The number of carbonyl (C=O) groups is 1. The highest BCUT2D eigenvalue weighted by Gasteiger charge is 2.32. The fourth-order valence-electron chi connectivity index (χ4n) is 2.74. The zero-order valence-corrected chi connectivity index (χ0v) is 15.4. The summed E-state index contributed by atoms with van der Waals surface area (Å²) < 4.78 is 28.8. The minimum atomic E-state index is -2.98. The molecule has 1 aliphatic heterocycles. The van der Waals surface area contributed by atoms with E-state index in [-0.39, 0.29) is 30.0 Å². The molecule has 1 aliphatic rings. The lowest BCUT2D eigenvalue weighted by Gasteiger charge is -2.26. The summed E-state index contributed by atoms with van der Waals surface area (Å²) in [5.74, 6) is 1.05. The van der Waals surface area contributed by atoms with Gasteiger partial charge in [0.15, 0.2) is 9.84 Å². The first-order valence-corrected chi connectivity index (χ1v) is 9.94. The zero-order valence-electron chi connectivity index (χ0n) is 14.6. The van der Waals surface area contributed by atoms with E-state index in [0.29, 0.717) is 19.6 Å². The van der Waals surface area contributed by atoms with Crippen molar-refractivity contribution in [3.05, 3.63) is 29.8 Å². The smallest absolute Gasteiger partial charge is 0.236 e. The Morgan fingerprint density at radius 1 is 1.29 bits per heavy atom. The van der Waals surface area contributed by atoms with Gasteiger partial charge in [-0.15, -0.1) is 0 Å². The Kier molecular flexibility index (Phi) is 6.23. The number of para-hydroxylation sites is 1. The van der Waals surface area contributed by atoms with Crippen LogP contribution in [0.3, 0.4) is 0 Å². The van der Waals surface area contributed by atoms with Gasteiger partial charge in [0.05, 0.1) is 18.1 Å². The quantitative estimate of drug-likeness (QED) is 0.729. The van der Waals surface area contributed by atoms with Crippen LogP contribution in [0, 0.1) is 6.92 Å². The molecule has 24 heavy (non-hydrogen) atoms. The maximum absolute atomic E-state index is 12.3. The summed E-state index contributed by atoms with van der Waals surface area (Å²) in [4.78, 5) is 15.7. The number of rotatable bonds is 7. The van der Waals surface area contributed by atoms with E-state index in [0.717, 1.165) is 11.3 Å². The SMILES string of the molecule is Cc1ccccc1OCCN(C)CC(=O)N(C)[C@H]1CCS(=O)(=O)C1. The van der Waals surface area contributed by atoms with Crippen LogP contribution < -0.4 is 4.74 Å². The third-order valence-corrected chi connectivity index (χ3v) is 6.13. The number of carbonyl (C=O) groups excluding carboxylic acids is 1. The molecule has 1 atom stereocenters. The van der Waals surface area contributed by atoms with Gasteiger partial charge in [-0.25, -0.2) is 8.42 Å². The molecule has 1 heterocycles. The minimum Gasteiger partial charge on any atom is -0.492 e. The fraction of sp³-hybridized carbons (Fsp3) is 0.588. The second-order valence-electron chi connectivity index (χ2n) is 6.41. The Morgan fingerprint density at radius 2 is 2.00 bits per heavy atom. The van der Waals surface area contributed by atoms with Crippen molar-refractivity contribution in [2.24, 2.45) is 0 Å². The van der Waals surface area contributed by atoms with Gasteiger partial charge in [-0.3, -0.25) is 9.69 Å². The van der Waals surface area contributed by atoms with E-state index < -0.39 is 9.84 Å². The summed E-state index contributed by atoms with van der Waals surface area (Å²) in [5.41, 5.74) is 1.08. The highest BCUT2D eigenvalue weighted by Crippen LogP contribution is 2.17. The van der Waals surface area contributed by atoms with Crippen molar-refractivity contribution in [2.45, 2.75) is 19.4 Å². The number of sulfone groups is 1. The summed E-state index contributed by atoms with van der Waals surface area (Å²) in [5, 5.41) is 0. The highest BCUT2D eigenvalue weighted by molar-refractivity contribution is 7.91. The molecule has 6 nitrogen and oxygen atoms in total. The van der Waals surface area contributed by atoms with E-state index in [9.17, 15) is 13.2 Å². The predicted octanol–water partition coefficient (Wildman–Crippen LogP) is 0.951. The zero-order chi connectivity index (χ0) is 17.7. The average molecular weight is 354 g/mol. The monoisotopic (exact) mass is 354 g/mol. The van der Waals surface area contributed by atoms with E-state index in [1.165, 1.54) is 0 Å². The van der Waals surface area contributed by atoms with Crippen molar-refractivity contribution in [1.29, 1.82) is 0 Å². The molecule has 0 N–H and O–H groups in total. The minimum absolute atomic E-state index is 0.0597. The molecular formula is C17H26N2O4S. The lowest BCUT2D eigenvalue weighted by atomic mass is 10.2. The Hall–Kier alpha value is -1.60. The Balaban J connectivity index is 1.74. The number of benzene rings is 1. The molecule has 0 aromatic heterocycles. The average Bonchev–Trinajstić information content (AvgIpc) is 2.88. The highest BCUT2D eigenvalue weighted by atomic mass is 32.2. The molecule has 1 amide bonds. The number of ether oxygens (including phenoxy) is 1. The van der Waals surface area contributed by atoms with Crippen LogP contribution in [-0.4, -0.2) is 75.5 Å². The number of hydrogen-bond donors (Lipinski definition) is 0. The number of hydrogen-bond acceptors (Lipinski definition) is 5. The standard InChI is InChI=1S/C17H26N2O4S/c1-14-6-4-5-7-16(14)23-10-9-18(2)12-17(20)19(3)15-8-11-24(21,22)13-15/h4-7,15H,8-13H2,1-3H3/t15-/m0/s1. The van der Waals surface area contributed by atoms with Crippen LogP contribution in [-0.2, 0) is 14.6 Å². The van der Waals surface area contributed by atoms with Crippen LogP contribution in [0.15, 0.2) is 24.3 Å².